The number of carbonyl (C=O) groups is 5. The van der Waals surface area contributed by atoms with Crippen molar-refractivity contribution >= 4 is 54.0 Å². The molecule has 0 aromatic carbocycles. The molecule has 0 rings (SSSR count). The lowest BCUT2D eigenvalue weighted by Crippen LogP contribution is -2.60. The van der Waals surface area contributed by atoms with Crippen molar-refractivity contribution in [3.05, 3.63) is 0 Å². The van der Waals surface area contributed by atoms with Gasteiger partial charge in [0.2, 0.25) is 23.6 Å². The number of nitrogens with one attached hydrogen (secondary N) is 4. The van der Waals surface area contributed by atoms with Gasteiger partial charge in [-0.1, -0.05) is 41.5 Å². The molecule has 0 unspecified atom stereocenters. The maximum Gasteiger partial charge on any atom is 0.326 e. The highest BCUT2D eigenvalue weighted by molar-refractivity contribution is 7.98. The molecule has 0 saturated heterocycles. The SMILES string of the molecule is CSCC[C@H](N)C(=O)N[C@@H](CC(C)C)C(=O)N[C@@H](CS)C(=O)N[C@H](C(=O)N[C@@H](CC(C)C)C(=O)O)C(C)C. The molecule has 0 radical (unpaired) electrons. The van der Waals surface area contributed by atoms with Gasteiger partial charge in [-0.15, -0.1) is 0 Å². The Morgan fingerprint density at radius 1 is 0.763 bits per heavy atom. The summed E-state index contributed by atoms with van der Waals surface area (Å²) in [4.78, 5) is 63.1. The van der Waals surface area contributed by atoms with Gasteiger partial charge in [-0.2, -0.15) is 24.4 Å². The molecule has 0 aromatic heterocycles. The Hall–Kier alpha value is -1.99. The number of nitrogens with two attached hydrogens (primary N) is 1. The molecule has 13 heteroatoms. The molecule has 0 saturated carbocycles. The number of carboxylic acids is 1. The Bertz CT molecular complexity index is 796. The van der Waals surface area contributed by atoms with Gasteiger partial charge in [-0.25, -0.2) is 4.79 Å². The van der Waals surface area contributed by atoms with Gasteiger partial charge in [-0.05, 0) is 49.0 Å². The number of hydrogen-bond acceptors (Lipinski definition) is 8. The molecule has 4 amide bonds. The molecule has 0 spiro atoms. The van der Waals surface area contributed by atoms with E-state index in [9.17, 15) is 29.1 Å². The molecule has 0 aliphatic rings. The summed E-state index contributed by atoms with van der Waals surface area (Å²) in [6, 6.07) is -4.89. The number of rotatable bonds is 18. The second-order valence-corrected chi connectivity index (χ2v) is 11.9. The molecular weight excluding hydrogens is 530 g/mol. The summed E-state index contributed by atoms with van der Waals surface area (Å²) in [5.74, 6) is -3.07. The lowest BCUT2D eigenvalue weighted by Gasteiger charge is -2.28. The summed E-state index contributed by atoms with van der Waals surface area (Å²) in [7, 11) is 0. The monoisotopic (exact) mass is 577 g/mol. The highest BCUT2D eigenvalue weighted by atomic mass is 32.2. The average molecular weight is 578 g/mol. The van der Waals surface area contributed by atoms with E-state index in [0.29, 0.717) is 18.6 Å². The van der Waals surface area contributed by atoms with Crippen LogP contribution in [0.5, 0.6) is 0 Å². The zero-order valence-electron chi connectivity index (χ0n) is 23.6. The third-order valence-electron chi connectivity index (χ3n) is 5.69. The van der Waals surface area contributed by atoms with Gasteiger partial charge >= 0.3 is 5.97 Å². The van der Waals surface area contributed by atoms with Crippen LogP contribution in [0.2, 0.25) is 0 Å². The first-order valence-corrected chi connectivity index (χ1v) is 15.0. The summed E-state index contributed by atoms with van der Waals surface area (Å²) in [6.45, 7) is 10.9. The fraction of sp³-hybridized carbons (Fsp3) is 0.800. The molecule has 0 fully saturated rings. The predicted octanol–water partition coefficient (Wildman–Crippen LogP) is 0.769. The van der Waals surface area contributed by atoms with Crippen molar-refractivity contribution in [2.45, 2.75) is 91.0 Å². The molecular formula is C25H47N5O6S2. The van der Waals surface area contributed by atoms with E-state index in [0.717, 1.165) is 0 Å². The van der Waals surface area contributed by atoms with E-state index >= 15 is 0 Å². The fourth-order valence-corrected chi connectivity index (χ4v) is 4.31. The number of thioether (sulfide) groups is 1. The normalized spacial score (nSPS) is 15.4. The third-order valence-corrected chi connectivity index (χ3v) is 6.70. The minimum atomic E-state index is -1.16. The maximum absolute atomic E-state index is 13.1. The second-order valence-electron chi connectivity index (χ2n) is 10.6. The Morgan fingerprint density at radius 3 is 1.68 bits per heavy atom. The smallest absolute Gasteiger partial charge is 0.326 e. The van der Waals surface area contributed by atoms with E-state index in [1.807, 2.05) is 34.0 Å². The van der Waals surface area contributed by atoms with Crippen LogP contribution in [0.4, 0.5) is 0 Å². The van der Waals surface area contributed by atoms with Crippen molar-refractivity contribution in [2.24, 2.45) is 23.5 Å². The molecule has 0 aromatic rings. The molecule has 0 bridgehead atoms. The summed E-state index contributed by atoms with van der Waals surface area (Å²) in [6.07, 6.45) is 2.94. The average Bonchev–Trinajstić information content (AvgIpc) is 2.81. The fourth-order valence-electron chi connectivity index (χ4n) is 3.57. The minimum absolute atomic E-state index is 0.0339. The van der Waals surface area contributed by atoms with Crippen LogP contribution in [0.25, 0.3) is 0 Å². The molecule has 5 atom stereocenters. The zero-order chi connectivity index (χ0) is 29.6. The van der Waals surface area contributed by atoms with Gasteiger partial charge in [0.25, 0.3) is 0 Å². The molecule has 220 valence electrons. The van der Waals surface area contributed by atoms with Crippen LogP contribution in [0.1, 0.15) is 60.8 Å². The molecule has 0 heterocycles. The third kappa shape index (κ3) is 13.7. The number of carbonyl (C=O) groups excluding carboxylic acids is 4. The van der Waals surface area contributed by atoms with Crippen LogP contribution in [0.3, 0.4) is 0 Å². The van der Waals surface area contributed by atoms with E-state index in [1.54, 1.807) is 25.6 Å². The van der Waals surface area contributed by atoms with E-state index in [1.165, 1.54) is 0 Å². The Kier molecular flexibility index (Phi) is 17.4. The van der Waals surface area contributed by atoms with Crippen molar-refractivity contribution in [1.29, 1.82) is 0 Å². The van der Waals surface area contributed by atoms with Crippen LogP contribution in [0.15, 0.2) is 0 Å². The quantitative estimate of drug-likeness (QED) is 0.117. The maximum atomic E-state index is 13.1. The standard InChI is InChI=1S/C25H47N5O6S2/c1-13(2)10-17(27-21(31)16(26)8-9-38-7)22(32)29-19(12-37)23(33)30-20(15(5)6)24(34)28-18(25(35)36)11-14(3)4/h13-20,37H,8-12,26H2,1-7H3,(H,27,31)(H,28,34)(H,29,32)(H,30,33)(H,35,36)/t16-,17-,18-,19-,20-/m0/s1. The largest absolute Gasteiger partial charge is 0.480 e. The first kappa shape index (κ1) is 36.0. The van der Waals surface area contributed by atoms with Crippen LogP contribution in [-0.2, 0) is 24.0 Å². The van der Waals surface area contributed by atoms with Crippen molar-refractivity contribution in [2.75, 3.05) is 17.8 Å². The van der Waals surface area contributed by atoms with Crippen LogP contribution in [-0.4, -0.2) is 82.7 Å². The van der Waals surface area contributed by atoms with E-state index in [2.05, 4.69) is 33.9 Å². The summed E-state index contributed by atoms with van der Waals surface area (Å²) in [5, 5.41) is 19.9. The molecule has 7 N–H and O–H groups in total. The number of hydrogen-bond donors (Lipinski definition) is 7. The van der Waals surface area contributed by atoms with E-state index < -0.39 is 59.8 Å². The topological polar surface area (TPSA) is 180 Å². The Morgan fingerprint density at radius 2 is 1.24 bits per heavy atom. The van der Waals surface area contributed by atoms with Crippen LogP contribution in [0, 0.1) is 17.8 Å². The molecule has 0 aliphatic heterocycles. The van der Waals surface area contributed by atoms with Gasteiger partial charge in [-0.3, -0.25) is 19.2 Å². The van der Waals surface area contributed by atoms with Crippen molar-refractivity contribution in [3.63, 3.8) is 0 Å². The number of amides is 4. The highest BCUT2D eigenvalue weighted by Gasteiger charge is 2.32. The first-order valence-electron chi connectivity index (χ1n) is 12.9. The molecule has 38 heavy (non-hydrogen) atoms. The summed E-state index contributed by atoms with van der Waals surface area (Å²) in [5.41, 5.74) is 5.94. The minimum Gasteiger partial charge on any atom is -0.480 e. The Labute approximate surface area is 236 Å². The van der Waals surface area contributed by atoms with Crippen LogP contribution < -0.4 is 27.0 Å². The molecule has 11 nitrogen and oxygen atoms in total. The predicted molar refractivity (Wildman–Crippen MR) is 154 cm³/mol. The van der Waals surface area contributed by atoms with Gasteiger partial charge in [0.1, 0.15) is 24.2 Å². The van der Waals surface area contributed by atoms with Crippen molar-refractivity contribution in [1.82, 2.24) is 21.3 Å². The van der Waals surface area contributed by atoms with Gasteiger partial charge in [0, 0.05) is 5.75 Å². The van der Waals surface area contributed by atoms with Gasteiger partial charge in [0.05, 0.1) is 6.04 Å². The highest BCUT2D eigenvalue weighted by Crippen LogP contribution is 2.10. The summed E-state index contributed by atoms with van der Waals surface area (Å²) < 4.78 is 0. The van der Waals surface area contributed by atoms with Crippen LogP contribution >= 0.6 is 24.4 Å². The lowest BCUT2D eigenvalue weighted by atomic mass is 10.00. The second kappa shape index (κ2) is 18.3. The van der Waals surface area contributed by atoms with Gasteiger partial charge < -0.3 is 32.1 Å². The molecule has 0 aliphatic carbocycles. The van der Waals surface area contributed by atoms with Crippen molar-refractivity contribution in [3.8, 4) is 0 Å². The number of aliphatic carboxylic acids is 1. The first-order chi connectivity index (χ1) is 17.6. The zero-order valence-corrected chi connectivity index (χ0v) is 25.3. The van der Waals surface area contributed by atoms with E-state index in [4.69, 9.17) is 5.73 Å². The van der Waals surface area contributed by atoms with Crippen molar-refractivity contribution < 1.29 is 29.1 Å². The van der Waals surface area contributed by atoms with E-state index in [-0.39, 0.29) is 29.9 Å². The number of thiol groups is 1. The Balaban J connectivity index is 5.48. The lowest BCUT2D eigenvalue weighted by molar-refractivity contribution is -0.143. The number of carboxylic acid groups (broad SMARTS) is 1. The summed E-state index contributed by atoms with van der Waals surface area (Å²) >= 11 is 5.75. The van der Waals surface area contributed by atoms with Gasteiger partial charge in [0.15, 0.2) is 0 Å².